The summed E-state index contributed by atoms with van der Waals surface area (Å²) >= 11 is 5.81. The first-order valence-electron chi connectivity index (χ1n) is 5.37. The standard InChI is InChI=1S/C12H16ClNO2/c1-11(15)8-14-7-6-12(11,16)9-2-4-10(13)5-3-9/h2-5,14-16H,6-8H2,1H3/t11-,12+/m1/s1. The van der Waals surface area contributed by atoms with Gasteiger partial charge in [0.2, 0.25) is 0 Å². The zero-order valence-corrected chi connectivity index (χ0v) is 9.96. The number of rotatable bonds is 1. The van der Waals surface area contributed by atoms with Crippen molar-refractivity contribution in [1.82, 2.24) is 5.32 Å². The van der Waals surface area contributed by atoms with Crippen LogP contribution in [0, 0.1) is 0 Å². The molecule has 16 heavy (non-hydrogen) atoms. The van der Waals surface area contributed by atoms with E-state index in [-0.39, 0.29) is 0 Å². The number of benzene rings is 1. The molecule has 2 atom stereocenters. The number of aliphatic hydroxyl groups is 2. The van der Waals surface area contributed by atoms with E-state index in [1.54, 1.807) is 31.2 Å². The van der Waals surface area contributed by atoms with Gasteiger partial charge in [-0.05, 0) is 37.6 Å². The Labute approximate surface area is 100 Å². The summed E-state index contributed by atoms with van der Waals surface area (Å²) in [5.41, 5.74) is -1.66. The maximum atomic E-state index is 10.6. The summed E-state index contributed by atoms with van der Waals surface area (Å²) in [7, 11) is 0. The van der Waals surface area contributed by atoms with Crippen LogP contribution in [0.4, 0.5) is 0 Å². The van der Waals surface area contributed by atoms with Crippen LogP contribution in [0.5, 0.6) is 0 Å². The van der Waals surface area contributed by atoms with Gasteiger partial charge in [0.15, 0.2) is 0 Å². The number of piperidine rings is 1. The highest BCUT2D eigenvalue weighted by Gasteiger charge is 2.48. The van der Waals surface area contributed by atoms with Crippen LogP contribution in [0.2, 0.25) is 5.02 Å². The monoisotopic (exact) mass is 241 g/mol. The van der Waals surface area contributed by atoms with Crippen molar-refractivity contribution in [3.05, 3.63) is 34.9 Å². The minimum absolute atomic E-state index is 0.381. The largest absolute Gasteiger partial charge is 0.385 e. The second kappa shape index (κ2) is 4.00. The Bertz CT molecular complexity index is 377. The molecule has 0 aliphatic carbocycles. The molecule has 0 radical (unpaired) electrons. The number of hydrogen-bond acceptors (Lipinski definition) is 3. The molecule has 0 unspecified atom stereocenters. The fourth-order valence-electron chi connectivity index (χ4n) is 2.20. The molecule has 3 N–H and O–H groups in total. The Morgan fingerprint density at radius 3 is 2.44 bits per heavy atom. The molecule has 0 saturated carbocycles. The summed E-state index contributed by atoms with van der Waals surface area (Å²) < 4.78 is 0. The molecule has 0 bridgehead atoms. The van der Waals surface area contributed by atoms with Gasteiger partial charge in [-0.2, -0.15) is 0 Å². The average Bonchev–Trinajstić information content (AvgIpc) is 2.23. The first-order valence-corrected chi connectivity index (χ1v) is 5.75. The number of nitrogens with one attached hydrogen (secondary N) is 1. The van der Waals surface area contributed by atoms with Crippen LogP contribution < -0.4 is 5.32 Å². The molecule has 2 rings (SSSR count). The molecule has 0 aromatic heterocycles. The molecular formula is C12H16ClNO2. The minimum atomic E-state index is -1.21. The zero-order chi connectivity index (χ0) is 11.8. The fraction of sp³-hybridized carbons (Fsp3) is 0.500. The lowest BCUT2D eigenvalue weighted by molar-refractivity contribution is -0.162. The summed E-state index contributed by atoms with van der Waals surface area (Å²) in [5, 5.41) is 24.6. The number of halogens is 1. The molecule has 0 amide bonds. The molecule has 1 saturated heterocycles. The molecule has 1 aliphatic rings. The summed E-state index contributed by atoms with van der Waals surface area (Å²) in [6.45, 7) is 2.72. The van der Waals surface area contributed by atoms with Gasteiger partial charge in [0.1, 0.15) is 11.2 Å². The van der Waals surface area contributed by atoms with Crippen LogP contribution in [0.1, 0.15) is 18.9 Å². The van der Waals surface area contributed by atoms with E-state index in [9.17, 15) is 10.2 Å². The zero-order valence-electron chi connectivity index (χ0n) is 9.20. The van der Waals surface area contributed by atoms with Crippen molar-refractivity contribution in [2.75, 3.05) is 13.1 Å². The lowest BCUT2D eigenvalue weighted by atomic mass is 9.74. The Morgan fingerprint density at radius 1 is 1.25 bits per heavy atom. The van der Waals surface area contributed by atoms with Crippen LogP contribution >= 0.6 is 11.6 Å². The SMILES string of the molecule is C[C@@]1(O)CNCC[C@]1(O)c1ccc(Cl)cc1. The van der Waals surface area contributed by atoms with Gasteiger partial charge in [0, 0.05) is 11.6 Å². The summed E-state index contributed by atoms with van der Waals surface area (Å²) in [5.74, 6) is 0. The highest BCUT2D eigenvalue weighted by molar-refractivity contribution is 6.30. The van der Waals surface area contributed by atoms with E-state index in [2.05, 4.69) is 5.32 Å². The maximum Gasteiger partial charge on any atom is 0.120 e. The van der Waals surface area contributed by atoms with E-state index >= 15 is 0 Å². The average molecular weight is 242 g/mol. The smallest absolute Gasteiger partial charge is 0.120 e. The third-order valence-electron chi connectivity index (χ3n) is 3.35. The summed E-state index contributed by atoms with van der Waals surface area (Å²) in [6.07, 6.45) is 0.488. The lowest BCUT2D eigenvalue weighted by Crippen LogP contribution is -2.60. The van der Waals surface area contributed by atoms with Gasteiger partial charge in [-0.3, -0.25) is 0 Å². The molecule has 1 heterocycles. The third-order valence-corrected chi connectivity index (χ3v) is 3.60. The van der Waals surface area contributed by atoms with Crippen LogP contribution in [0.25, 0.3) is 0 Å². The van der Waals surface area contributed by atoms with Crippen LogP contribution in [0.15, 0.2) is 24.3 Å². The predicted molar refractivity (Wildman–Crippen MR) is 63.5 cm³/mol. The Kier molecular flexibility index (Phi) is 2.97. The van der Waals surface area contributed by atoms with Gasteiger partial charge in [0.25, 0.3) is 0 Å². The highest BCUT2D eigenvalue weighted by Crippen LogP contribution is 2.38. The van der Waals surface area contributed by atoms with E-state index < -0.39 is 11.2 Å². The lowest BCUT2D eigenvalue weighted by Gasteiger charge is -2.45. The van der Waals surface area contributed by atoms with Crippen molar-refractivity contribution in [1.29, 1.82) is 0 Å². The second-order valence-corrected chi connectivity index (χ2v) is 5.00. The van der Waals surface area contributed by atoms with Crippen molar-refractivity contribution < 1.29 is 10.2 Å². The maximum absolute atomic E-state index is 10.6. The van der Waals surface area contributed by atoms with Gasteiger partial charge in [-0.25, -0.2) is 0 Å². The van der Waals surface area contributed by atoms with Gasteiger partial charge in [-0.1, -0.05) is 23.7 Å². The molecule has 1 aromatic carbocycles. The molecule has 0 spiro atoms. The van der Waals surface area contributed by atoms with Crippen molar-refractivity contribution >= 4 is 11.6 Å². The topological polar surface area (TPSA) is 52.5 Å². The van der Waals surface area contributed by atoms with Gasteiger partial charge >= 0.3 is 0 Å². The molecule has 1 fully saturated rings. The minimum Gasteiger partial charge on any atom is -0.385 e. The molecule has 1 aromatic rings. The number of β-amino-alcohol motifs (C(OH)–C–C–N with tert-alkyl or cyclic N) is 1. The fourth-order valence-corrected chi connectivity index (χ4v) is 2.32. The highest BCUT2D eigenvalue weighted by atomic mass is 35.5. The number of hydrogen-bond donors (Lipinski definition) is 3. The first kappa shape index (κ1) is 11.9. The van der Waals surface area contributed by atoms with Gasteiger partial charge in [0.05, 0.1) is 0 Å². The van der Waals surface area contributed by atoms with Crippen molar-refractivity contribution in [2.24, 2.45) is 0 Å². The van der Waals surface area contributed by atoms with Crippen LogP contribution in [-0.4, -0.2) is 28.9 Å². The molecular weight excluding hydrogens is 226 g/mol. The third kappa shape index (κ3) is 1.84. The molecule has 1 aliphatic heterocycles. The summed E-state index contributed by atoms with van der Waals surface area (Å²) in [4.78, 5) is 0. The first-order chi connectivity index (χ1) is 7.46. The Balaban J connectivity index is 2.39. The molecule has 4 heteroatoms. The van der Waals surface area contributed by atoms with E-state index in [1.165, 1.54) is 0 Å². The van der Waals surface area contributed by atoms with E-state index in [4.69, 9.17) is 11.6 Å². The van der Waals surface area contributed by atoms with Gasteiger partial charge < -0.3 is 15.5 Å². The molecule has 88 valence electrons. The predicted octanol–water partition coefficient (Wildman–Crippen LogP) is 1.27. The van der Waals surface area contributed by atoms with Crippen molar-refractivity contribution in [3.63, 3.8) is 0 Å². The second-order valence-electron chi connectivity index (χ2n) is 4.57. The van der Waals surface area contributed by atoms with Crippen molar-refractivity contribution in [3.8, 4) is 0 Å². The quantitative estimate of drug-likeness (QED) is 0.694. The Hall–Kier alpha value is -0.610. The van der Waals surface area contributed by atoms with Crippen molar-refractivity contribution in [2.45, 2.75) is 24.5 Å². The van der Waals surface area contributed by atoms with E-state index in [0.29, 0.717) is 30.1 Å². The van der Waals surface area contributed by atoms with Crippen LogP contribution in [-0.2, 0) is 5.60 Å². The Morgan fingerprint density at radius 2 is 1.88 bits per heavy atom. The van der Waals surface area contributed by atoms with Crippen LogP contribution in [0.3, 0.4) is 0 Å². The van der Waals surface area contributed by atoms with E-state index in [1.807, 2.05) is 0 Å². The molecule has 3 nitrogen and oxygen atoms in total. The summed E-state index contributed by atoms with van der Waals surface area (Å²) in [6, 6.07) is 6.99. The normalized spacial score (nSPS) is 35.0. The van der Waals surface area contributed by atoms with Gasteiger partial charge in [-0.15, -0.1) is 0 Å². The van der Waals surface area contributed by atoms with E-state index in [0.717, 1.165) is 0 Å².